The van der Waals surface area contributed by atoms with Gasteiger partial charge in [0.25, 0.3) is 5.91 Å². The van der Waals surface area contributed by atoms with Gasteiger partial charge >= 0.3 is 0 Å². The molecule has 0 bridgehead atoms. The second-order valence-corrected chi connectivity index (χ2v) is 12.1. The van der Waals surface area contributed by atoms with Crippen LogP contribution in [-0.4, -0.2) is 52.6 Å². The van der Waals surface area contributed by atoms with Crippen molar-refractivity contribution >= 4 is 29.3 Å². The average molecular weight is 538 g/mol. The Labute approximate surface area is 234 Å². The number of likely N-dealkylation sites (tertiary alicyclic amines) is 1. The van der Waals surface area contributed by atoms with Gasteiger partial charge in [-0.05, 0) is 78.8 Å². The van der Waals surface area contributed by atoms with Crippen LogP contribution in [0.3, 0.4) is 0 Å². The van der Waals surface area contributed by atoms with Gasteiger partial charge in [-0.2, -0.15) is 0 Å². The highest BCUT2D eigenvalue weighted by Gasteiger charge is 2.57. The van der Waals surface area contributed by atoms with Gasteiger partial charge < -0.3 is 4.90 Å². The molecule has 1 spiro atoms. The summed E-state index contributed by atoms with van der Waals surface area (Å²) in [6, 6.07) is 24.8. The molecule has 1 saturated heterocycles. The van der Waals surface area contributed by atoms with Crippen molar-refractivity contribution in [3.8, 4) is 22.3 Å². The summed E-state index contributed by atoms with van der Waals surface area (Å²) in [5, 5.41) is 0.732. The third kappa shape index (κ3) is 4.78. The zero-order chi connectivity index (χ0) is 26.6. The van der Waals surface area contributed by atoms with Crippen molar-refractivity contribution in [2.24, 2.45) is 16.8 Å². The quantitative estimate of drug-likeness (QED) is 0.363. The van der Waals surface area contributed by atoms with Crippen molar-refractivity contribution in [2.75, 3.05) is 19.6 Å². The first kappa shape index (κ1) is 24.6. The normalized spacial score (nSPS) is 21.8. The lowest BCUT2D eigenvalue weighted by atomic mass is 9.96. The predicted octanol–water partition coefficient (Wildman–Crippen LogP) is 6.44. The molecule has 0 N–H and O–H groups in total. The van der Waals surface area contributed by atoms with E-state index in [0.29, 0.717) is 18.4 Å². The molecule has 39 heavy (non-hydrogen) atoms. The Morgan fingerprint density at radius 3 is 2.13 bits per heavy atom. The van der Waals surface area contributed by atoms with Gasteiger partial charge in [0.2, 0.25) is 5.91 Å². The minimum Gasteiger partial charge on any atom is -0.342 e. The van der Waals surface area contributed by atoms with Crippen LogP contribution in [0.1, 0.15) is 44.1 Å². The molecule has 3 fully saturated rings. The van der Waals surface area contributed by atoms with Crippen LogP contribution >= 0.6 is 11.6 Å². The number of aliphatic imine (C=N–C) groups is 1. The maximum Gasteiger partial charge on any atom is 0.256 e. The molecule has 3 aromatic rings. The molecule has 2 saturated carbocycles. The van der Waals surface area contributed by atoms with Gasteiger partial charge in [-0.1, -0.05) is 72.3 Å². The van der Waals surface area contributed by atoms with Crippen LogP contribution in [0.2, 0.25) is 5.02 Å². The Morgan fingerprint density at radius 2 is 1.51 bits per heavy atom. The number of hydrogen-bond acceptors (Lipinski definition) is 3. The van der Waals surface area contributed by atoms with Crippen molar-refractivity contribution < 1.29 is 9.59 Å². The van der Waals surface area contributed by atoms with E-state index in [4.69, 9.17) is 16.6 Å². The molecule has 2 aliphatic heterocycles. The van der Waals surface area contributed by atoms with Crippen molar-refractivity contribution in [1.82, 2.24) is 9.80 Å². The molecule has 7 rings (SSSR count). The lowest BCUT2D eigenvalue weighted by Crippen LogP contribution is -2.46. The minimum absolute atomic E-state index is 0.142. The molecule has 2 amide bonds. The summed E-state index contributed by atoms with van der Waals surface area (Å²) in [6.07, 6.45) is 5.79. The molecular formula is C33H32ClN3O2. The summed E-state index contributed by atoms with van der Waals surface area (Å²) >= 11 is 6.17. The third-order valence-corrected chi connectivity index (χ3v) is 8.89. The zero-order valence-corrected chi connectivity index (χ0v) is 22.7. The lowest BCUT2D eigenvalue weighted by molar-refractivity contribution is -0.134. The third-order valence-electron chi connectivity index (χ3n) is 8.66. The van der Waals surface area contributed by atoms with Gasteiger partial charge in [-0.3, -0.25) is 19.5 Å². The van der Waals surface area contributed by atoms with Crippen molar-refractivity contribution in [1.29, 1.82) is 0 Å². The molecule has 0 aromatic heterocycles. The molecule has 0 radical (unpaired) electrons. The standard InChI is InChI=1S/C33H32ClN3O2/c34-29-5-1-4-28(19-29)25-8-6-23(7-9-25)24-10-12-26(13-11-24)30-35-33(16-17-33)32(39)37(30)21-22-3-2-18-36(20-22)31(38)27-14-15-27/h1,4-13,19,22,27H,2-3,14-18,20-21H2/t22-/m1/s1. The smallest absolute Gasteiger partial charge is 0.256 e. The number of hydrogen-bond donors (Lipinski definition) is 0. The van der Waals surface area contributed by atoms with Gasteiger partial charge in [0.1, 0.15) is 11.4 Å². The van der Waals surface area contributed by atoms with E-state index in [-0.39, 0.29) is 11.8 Å². The van der Waals surface area contributed by atoms with Crippen LogP contribution in [0.25, 0.3) is 22.3 Å². The van der Waals surface area contributed by atoms with Gasteiger partial charge in [-0.15, -0.1) is 0 Å². The molecule has 1 atom stereocenters. The molecule has 198 valence electrons. The van der Waals surface area contributed by atoms with Gasteiger partial charge in [0.05, 0.1) is 0 Å². The number of amidine groups is 1. The summed E-state index contributed by atoms with van der Waals surface area (Å²) in [6.45, 7) is 2.25. The second kappa shape index (κ2) is 9.63. The Balaban J connectivity index is 1.08. The zero-order valence-electron chi connectivity index (χ0n) is 22.0. The van der Waals surface area contributed by atoms with Crippen LogP contribution in [-0.2, 0) is 9.59 Å². The van der Waals surface area contributed by atoms with Crippen LogP contribution in [0.5, 0.6) is 0 Å². The highest BCUT2D eigenvalue weighted by molar-refractivity contribution is 6.30. The van der Waals surface area contributed by atoms with Crippen LogP contribution in [0.15, 0.2) is 77.8 Å². The molecule has 3 aromatic carbocycles. The van der Waals surface area contributed by atoms with Crippen LogP contribution in [0.4, 0.5) is 0 Å². The van der Waals surface area contributed by atoms with Gasteiger partial charge in [0.15, 0.2) is 0 Å². The summed E-state index contributed by atoms with van der Waals surface area (Å²) in [7, 11) is 0. The number of benzene rings is 3. The Hall–Kier alpha value is -3.44. The van der Waals surface area contributed by atoms with E-state index >= 15 is 0 Å². The topological polar surface area (TPSA) is 53.0 Å². The van der Waals surface area contributed by atoms with E-state index in [1.165, 1.54) is 0 Å². The summed E-state index contributed by atoms with van der Waals surface area (Å²) in [5.41, 5.74) is 4.92. The van der Waals surface area contributed by atoms with E-state index in [2.05, 4.69) is 54.6 Å². The number of piperidine rings is 1. The fourth-order valence-corrected chi connectivity index (χ4v) is 6.28. The first-order chi connectivity index (χ1) is 19.0. The van der Waals surface area contributed by atoms with E-state index in [0.717, 1.165) is 90.3 Å². The van der Waals surface area contributed by atoms with Crippen molar-refractivity contribution in [2.45, 2.75) is 44.1 Å². The highest BCUT2D eigenvalue weighted by atomic mass is 35.5. The first-order valence-corrected chi connectivity index (χ1v) is 14.5. The maximum atomic E-state index is 13.5. The monoisotopic (exact) mass is 537 g/mol. The minimum atomic E-state index is -0.539. The van der Waals surface area contributed by atoms with E-state index in [9.17, 15) is 9.59 Å². The van der Waals surface area contributed by atoms with Crippen molar-refractivity contribution in [3.05, 3.63) is 83.4 Å². The average Bonchev–Trinajstić information content (AvgIpc) is 3.90. The number of carbonyl (C=O) groups excluding carboxylic acids is 2. The Kier molecular flexibility index (Phi) is 6.07. The van der Waals surface area contributed by atoms with Gasteiger partial charge in [0, 0.05) is 36.1 Å². The summed E-state index contributed by atoms with van der Waals surface area (Å²) in [4.78, 5) is 35.1. The number of carbonyl (C=O) groups is 2. The number of nitrogens with zero attached hydrogens (tertiary/aromatic N) is 3. The largest absolute Gasteiger partial charge is 0.342 e. The summed E-state index contributed by atoms with van der Waals surface area (Å²) < 4.78 is 0. The van der Waals surface area contributed by atoms with Crippen LogP contribution in [0, 0.1) is 11.8 Å². The number of halogens is 1. The Bertz CT molecular complexity index is 1460. The number of amides is 2. The van der Waals surface area contributed by atoms with E-state index in [1.54, 1.807) is 0 Å². The molecule has 6 heteroatoms. The second-order valence-electron chi connectivity index (χ2n) is 11.6. The molecule has 4 aliphatic rings. The van der Waals surface area contributed by atoms with Crippen molar-refractivity contribution in [3.63, 3.8) is 0 Å². The Morgan fingerprint density at radius 1 is 0.872 bits per heavy atom. The van der Waals surface area contributed by atoms with Crippen LogP contribution < -0.4 is 0 Å². The number of rotatable bonds is 6. The SMILES string of the molecule is O=C(C1CC1)N1CCC[C@@H](CN2C(=O)C3(CC3)N=C2c2ccc(-c3ccc(-c4cccc(Cl)c4)cc3)cc2)C1. The fourth-order valence-electron chi connectivity index (χ4n) is 6.09. The molecular weight excluding hydrogens is 506 g/mol. The summed E-state index contributed by atoms with van der Waals surface area (Å²) in [5.74, 6) is 1.79. The predicted molar refractivity (Wildman–Crippen MR) is 155 cm³/mol. The maximum absolute atomic E-state index is 13.5. The highest BCUT2D eigenvalue weighted by Crippen LogP contribution is 2.46. The molecule has 0 unspecified atom stereocenters. The molecule has 5 nitrogen and oxygen atoms in total. The van der Waals surface area contributed by atoms with E-state index in [1.807, 2.05) is 28.0 Å². The first-order valence-electron chi connectivity index (χ1n) is 14.2. The van der Waals surface area contributed by atoms with Gasteiger partial charge in [-0.25, -0.2) is 0 Å². The molecule has 2 aliphatic carbocycles. The molecule has 2 heterocycles. The lowest BCUT2D eigenvalue weighted by Gasteiger charge is -2.35. The van der Waals surface area contributed by atoms with E-state index < -0.39 is 5.54 Å². The fraction of sp³-hybridized carbons (Fsp3) is 0.364.